The third-order valence-corrected chi connectivity index (χ3v) is 6.72. The first kappa shape index (κ1) is 20.4. The molecule has 0 aromatic heterocycles. The van der Waals surface area contributed by atoms with Gasteiger partial charge in [0.2, 0.25) is 15.9 Å². The van der Waals surface area contributed by atoms with E-state index in [1.807, 2.05) is 31.2 Å². The molecule has 0 bridgehead atoms. The van der Waals surface area contributed by atoms with E-state index in [0.29, 0.717) is 32.5 Å². The van der Waals surface area contributed by atoms with Gasteiger partial charge in [0.25, 0.3) is 0 Å². The first-order valence-electron chi connectivity index (χ1n) is 9.55. The quantitative estimate of drug-likeness (QED) is 0.773. The third kappa shape index (κ3) is 4.91. The van der Waals surface area contributed by atoms with Crippen molar-refractivity contribution in [1.82, 2.24) is 9.62 Å². The van der Waals surface area contributed by atoms with Crippen LogP contribution in [0.25, 0.3) is 0 Å². The van der Waals surface area contributed by atoms with Crippen LogP contribution in [0.3, 0.4) is 0 Å². The topological polar surface area (TPSA) is 75.7 Å². The highest BCUT2D eigenvalue weighted by Crippen LogP contribution is 2.24. The maximum Gasteiger partial charge on any atom is 0.243 e. The summed E-state index contributed by atoms with van der Waals surface area (Å²) >= 11 is 0. The molecule has 0 unspecified atom stereocenters. The number of hydrogen-bond donors (Lipinski definition) is 1. The highest BCUT2D eigenvalue weighted by atomic mass is 32.2. The molecule has 1 N–H and O–H groups in total. The van der Waals surface area contributed by atoms with Crippen LogP contribution in [0.5, 0.6) is 5.75 Å². The monoisotopic (exact) mass is 402 g/mol. The summed E-state index contributed by atoms with van der Waals surface area (Å²) in [6, 6.07) is 16.0. The number of carbonyl (C=O) groups is 1. The van der Waals surface area contributed by atoms with Crippen molar-refractivity contribution in [2.45, 2.75) is 31.2 Å². The van der Waals surface area contributed by atoms with Crippen LogP contribution in [0, 0.1) is 5.92 Å². The molecule has 2 aromatic carbocycles. The van der Waals surface area contributed by atoms with E-state index in [-0.39, 0.29) is 23.3 Å². The van der Waals surface area contributed by atoms with E-state index in [1.165, 1.54) is 4.31 Å². The maximum absolute atomic E-state index is 12.8. The number of rotatable bonds is 7. The first-order valence-corrected chi connectivity index (χ1v) is 11.0. The zero-order valence-electron chi connectivity index (χ0n) is 16.0. The van der Waals surface area contributed by atoms with Gasteiger partial charge < -0.3 is 10.1 Å². The van der Waals surface area contributed by atoms with Crippen LogP contribution in [-0.2, 0) is 21.4 Å². The number of ether oxygens (including phenoxy) is 1. The minimum absolute atomic E-state index is 0.109. The summed E-state index contributed by atoms with van der Waals surface area (Å²) in [5, 5.41) is 2.93. The van der Waals surface area contributed by atoms with Gasteiger partial charge in [0.15, 0.2) is 0 Å². The number of hydrogen-bond acceptors (Lipinski definition) is 4. The number of nitrogens with one attached hydrogen (secondary N) is 1. The Morgan fingerprint density at radius 3 is 2.54 bits per heavy atom. The van der Waals surface area contributed by atoms with Crippen molar-refractivity contribution in [2.24, 2.45) is 5.92 Å². The lowest BCUT2D eigenvalue weighted by Crippen LogP contribution is -2.45. The fourth-order valence-electron chi connectivity index (χ4n) is 3.32. The number of piperidine rings is 1. The summed E-state index contributed by atoms with van der Waals surface area (Å²) in [5.41, 5.74) is 0.973. The molecule has 1 amide bonds. The van der Waals surface area contributed by atoms with Crippen molar-refractivity contribution in [3.8, 4) is 5.75 Å². The molecule has 1 saturated heterocycles. The Morgan fingerprint density at radius 1 is 1.14 bits per heavy atom. The molecule has 6 nitrogen and oxygen atoms in total. The Labute approximate surface area is 166 Å². The number of carbonyl (C=O) groups excluding carboxylic acids is 1. The van der Waals surface area contributed by atoms with Crippen LogP contribution in [0.2, 0.25) is 0 Å². The number of sulfonamides is 1. The first-order chi connectivity index (χ1) is 13.5. The predicted molar refractivity (Wildman–Crippen MR) is 107 cm³/mol. The van der Waals surface area contributed by atoms with E-state index in [4.69, 9.17) is 4.74 Å². The molecule has 150 valence electrons. The fraction of sp³-hybridized carbons (Fsp3) is 0.381. The standard InChI is InChI=1S/C21H26N2O4S/c1-2-27-19-12-10-17(11-13-19)15-22-21(24)18-7-6-14-23(16-18)28(25,26)20-8-4-3-5-9-20/h3-5,8-13,18H,2,6-7,14-16H2,1H3,(H,22,24)/t18-/m0/s1. The van der Waals surface area contributed by atoms with E-state index >= 15 is 0 Å². The van der Waals surface area contributed by atoms with Crippen molar-refractivity contribution in [2.75, 3.05) is 19.7 Å². The molecule has 2 aromatic rings. The van der Waals surface area contributed by atoms with E-state index in [2.05, 4.69) is 5.32 Å². The zero-order chi connectivity index (χ0) is 20.0. The van der Waals surface area contributed by atoms with Crippen molar-refractivity contribution >= 4 is 15.9 Å². The molecule has 3 rings (SSSR count). The summed E-state index contributed by atoms with van der Waals surface area (Å²) in [5.74, 6) is 0.350. The second-order valence-electron chi connectivity index (χ2n) is 6.81. The van der Waals surface area contributed by atoms with Gasteiger partial charge >= 0.3 is 0 Å². The van der Waals surface area contributed by atoms with Gasteiger partial charge in [-0.15, -0.1) is 0 Å². The molecule has 0 saturated carbocycles. The van der Waals surface area contributed by atoms with Gasteiger partial charge in [0.1, 0.15) is 5.75 Å². The van der Waals surface area contributed by atoms with Crippen LogP contribution in [0.15, 0.2) is 59.5 Å². The smallest absolute Gasteiger partial charge is 0.243 e. The molecular formula is C21H26N2O4S. The lowest BCUT2D eigenvalue weighted by Gasteiger charge is -2.31. The highest BCUT2D eigenvalue weighted by Gasteiger charge is 2.33. The molecule has 1 fully saturated rings. The summed E-state index contributed by atoms with van der Waals surface area (Å²) in [7, 11) is -3.57. The number of benzene rings is 2. The van der Waals surface area contributed by atoms with Crippen molar-refractivity contribution in [3.05, 3.63) is 60.2 Å². The number of amides is 1. The van der Waals surface area contributed by atoms with Crippen molar-refractivity contribution in [1.29, 1.82) is 0 Å². The Kier molecular flexibility index (Phi) is 6.70. The van der Waals surface area contributed by atoms with Gasteiger partial charge in [-0.3, -0.25) is 4.79 Å². The van der Waals surface area contributed by atoms with Gasteiger partial charge in [-0.05, 0) is 49.6 Å². The lowest BCUT2D eigenvalue weighted by molar-refractivity contribution is -0.126. The van der Waals surface area contributed by atoms with Gasteiger partial charge in [-0.1, -0.05) is 30.3 Å². The molecule has 0 aliphatic carbocycles. The van der Waals surface area contributed by atoms with Crippen LogP contribution in [0.1, 0.15) is 25.3 Å². The molecular weight excluding hydrogens is 376 g/mol. The van der Waals surface area contributed by atoms with E-state index < -0.39 is 10.0 Å². The minimum atomic E-state index is -3.57. The molecule has 0 radical (unpaired) electrons. The number of nitrogens with zero attached hydrogens (tertiary/aromatic N) is 1. The second-order valence-corrected chi connectivity index (χ2v) is 8.75. The summed E-state index contributed by atoms with van der Waals surface area (Å²) in [6.45, 7) is 3.61. The molecule has 7 heteroatoms. The summed E-state index contributed by atoms with van der Waals surface area (Å²) in [6.07, 6.45) is 1.36. The Morgan fingerprint density at radius 2 is 1.86 bits per heavy atom. The third-order valence-electron chi connectivity index (χ3n) is 4.84. The van der Waals surface area contributed by atoms with Crippen LogP contribution in [-0.4, -0.2) is 38.3 Å². The Balaban J connectivity index is 1.58. The van der Waals surface area contributed by atoms with Gasteiger partial charge in [0.05, 0.1) is 17.4 Å². The average Bonchev–Trinajstić information content (AvgIpc) is 2.74. The zero-order valence-corrected chi connectivity index (χ0v) is 16.8. The van der Waals surface area contributed by atoms with Crippen molar-refractivity contribution in [3.63, 3.8) is 0 Å². The van der Waals surface area contributed by atoms with E-state index in [0.717, 1.165) is 11.3 Å². The second kappa shape index (κ2) is 9.21. The van der Waals surface area contributed by atoms with Gasteiger partial charge in [-0.25, -0.2) is 8.42 Å². The minimum Gasteiger partial charge on any atom is -0.494 e. The molecule has 1 heterocycles. The largest absolute Gasteiger partial charge is 0.494 e. The Bertz CT molecular complexity index is 882. The molecule has 1 atom stereocenters. The highest BCUT2D eigenvalue weighted by molar-refractivity contribution is 7.89. The molecule has 1 aliphatic rings. The molecule has 28 heavy (non-hydrogen) atoms. The van der Waals surface area contributed by atoms with Gasteiger partial charge in [-0.2, -0.15) is 4.31 Å². The predicted octanol–water partition coefficient (Wildman–Crippen LogP) is 2.80. The fourth-order valence-corrected chi connectivity index (χ4v) is 4.86. The van der Waals surface area contributed by atoms with Crippen LogP contribution in [0.4, 0.5) is 0 Å². The van der Waals surface area contributed by atoms with Crippen LogP contribution >= 0.6 is 0 Å². The van der Waals surface area contributed by atoms with Crippen molar-refractivity contribution < 1.29 is 17.9 Å². The summed E-state index contributed by atoms with van der Waals surface area (Å²) in [4.78, 5) is 12.9. The SMILES string of the molecule is CCOc1ccc(CNC(=O)[C@H]2CCCN(S(=O)(=O)c3ccccc3)C2)cc1. The average molecular weight is 403 g/mol. The van der Waals surface area contributed by atoms with Gasteiger partial charge in [0, 0.05) is 19.6 Å². The lowest BCUT2D eigenvalue weighted by atomic mass is 9.99. The molecule has 0 spiro atoms. The van der Waals surface area contributed by atoms with E-state index in [9.17, 15) is 13.2 Å². The van der Waals surface area contributed by atoms with E-state index in [1.54, 1.807) is 30.3 Å². The normalized spacial score (nSPS) is 17.8. The van der Waals surface area contributed by atoms with Crippen LogP contribution < -0.4 is 10.1 Å². The molecule has 1 aliphatic heterocycles. The Hall–Kier alpha value is -2.38. The summed E-state index contributed by atoms with van der Waals surface area (Å²) < 4.78 is 32.4. The maximum atomic E-state index is 12.8.